The summed E-state index contributed by atoms with van der Waals surface area (Å²) in [5.74, 6) is 1.09. The summed E-state index contributed by atoms with van der Waals surface area (Å²) >= 11 is 0. The molecule has 3 aromatic rings. The highest BCUT2D eigenvalue weighted by molar-refractivity contribution is 5.76. The Balaban J connectivity index is 1.36. The van der Waals surface area contributed by atoms with Gasteiger partial charge in [0.15, 0.2) is 5.65 Å². The summed E-state index contributed by atoms with van der Waals surface area (Å²) in [6, 6.07) is 11.0. The molecule has 2 aromatic heterocycles. The summed E-state index contributed by atoms with van der Waals surface area (Å²) in [5, 5.41) is 0. The zero-order valence-electron chi connectivity index (χ0n) is 20.5. The number of hydrogen-bond donors (Lipinski definition) is 0. The fourth-order valence-corrected chi connectivity index (χ4v) is 4.55. The van der Waals surface area contributed by atoms with Gasteiger partial charge in [0, 0.05) is 58.5 Å². The average Bonchev–Trinajstić information content (AvgIpc) is 3.17. The van der Waals surface area contributed by atoms with Crippen LogP contribution in [-0.4, -0.2) is 77.3 Å². The van der Waals surface area contributed by atoms with Crippen LogP contribution in [0, 0.1) is 13.8 Å². The molecule has 33 heavy (non-hydrogen) atoms. The molecule has 6 heteroatoms. The van der Waals surface area contributed by atoms with Crippen molar-refractivity contribution < 1.29 is 4.74 Å². The SMILES string of the molecule is CCc1nc2c(C)cc(C)nc2n1Cc1ccc(/C=C/CN2CCN(CCOC)CC2)cc1. The van der Waals surface area contributed by atoms with Gasteiger partial charge in [-0.05, 0) is 36.6 Å². The van der Waals surface area contributed by atoms with E-state index in [4.69, 9.17) is 14.7 Å². The minimum atomic E-state index is 0.799. The smallest absolute Gasteiger partial charge is 0.160 e. The first-order chi connectivity index (χ1) is 16.1. The van der Waals surface area contributed by atoms with Crippen molar-refractivity contribution in [2.75, 3.05) is 53.0 Å². The van der Waals surface area contributed by atoms with Crippen molar-refractivity contribution in [1.29, 1.82) is 0 Å². The van der Waals surface area contributed by atoms with E-state index in [0.29, 0.717) is 0 Å². The predicted molar refractivity (Wildman–Crippen MR) is 136 cm³/mol. The van der Waals surface area contributed by atoms with E-state index < -0.39 is 0 Å². The summed E-state index contributed by atoms with van der Waals surface area (Å²) in [6.07, 6.45) is 5.42. The number of ether oxygens (including phenoxy) is 1. The van der Waals surface area contributed by atoms with Crippen LogP contribution in [-0.2, 0) is 17.7 Å². The number of pyridine rings is 1. The van der Waals surface area contributed by atoms with Crippen LogP contribution in [0.3, 0.4) is 0 Å². The van der Waals surface area contributed by atoms with E-state index in [1.165, 1.54) is 16.7 Å². The van der Waals surface area contributed by atoms with Crippen molar-refractivity contribution in [3.05, 3.63) is 64.6 Å². The van der Waals surface area contributed by atoms with Gasteiger partial charge in [0.2, 0.25) is 0 Å². The Morgan fingerprint density at radius 1 is 1.00 bits per heavy atom. The van der Waals surface area contributed by atoms with Crippen LogP contribution in [0.2, 0.25) is 0 Å². The van der Waals surface area contributed by atoms with Crippen LogP contribution >= 0.6 is 0 Å². The Bertz CT molecular complexity index is 1080. The summed E-state index contributed by atoms with van der Waals surface area (Å²) < 4.78 is 7.46. The number of aromatic nitrogens is 3. The molecule has 0 unspecified atom stereocenters. The van der Waals surface area contributed by atoms with E-state index in [2.05, 4.69) is 77.6 Å². The largest absolute Gasteiger partial charge is 0.383 e. The standard InChI is InChI=1S/C27H37N5O/c1-5-25-29-26-21(2)19-22(3)28-27(26)32(25)20-24-10-8-23(9-11-24)7-6-12-30-13-15-31(16-14-30)17-18-33-4/h6-11,19H,5,12-18,20H2,1-4H3/b7-6+. The molecule has 1 aliphatic heterocycles. The number of imidazole rings is 1. The van der Waals surface area contributed by atoms with Gasteiger partial charge in [0.25, 0.3) is 0 Å². The van der Waals surface area contributed by atoms with Gasteiger partial charge < -0.3 is 9.30 Å². The van der Waals surface area contributed by atoms with Gasteiger partial charge in [-0.25, -0.2) is 9.97 Å². The lowest BCUT2D eigenvalue weighted by Crippen LogP contribution is -2.47. The van der Waals surface area contributed by atoms with Crippen LogP contribution < -0.4 is 0 Å². The first-order valence-corrected chi connectivity index (χ1v) is 12.1. The molecule has 0 bridgehead atoms. The quantitative estimate of drug-likeness (QED) is 0.497. The van der Waals surface area contributed by atoms with Crippen LogP contribution in [0.5, 0.6) is 0 Å². The second-order valence-corrected chi connectivity index (χ2v) is 9.00. The van der Waals surface area contributed by atoms with Gasteiger partial charge in [-0.15, -0.1) is 0 Å². The molecule has 6 nitrogen and oxygen atoms in total. The maximum Gasteiger partial charge on any atom is 0.160 e. The van der Waals surface area contributed by atoms with Crippen molar-refractivity contribution >= 4 is 17.2 Å². The van der Waals surface area contributed by atoms with Crippen LogP contribution in [0.4, 0.5) is 0 Å². The average molecular weight is 448 g/mol. The van der Waals surface area contributed by atoms with Gasteiger partial charge in [0.05, 0.1) is 13.2 Å². The number of nitrogens with zero attached hydrogens (tertiary/aromatic N) is 5. The lowest BCUT2D eigenvalue weighted by atomic mass is 10.1. The third kappa shape index (κ3) is 5.88. The molecule has 4 rings (SSSR count). The van der Waals surface area contributed by atoms with E-state index in [1.807, 2.05) is 0 Å². The second kappa shape index (κ2) is 11.1. The number of rotatable bonds is 9. The highest BCUT2D eigenvalue weighted by atomic mass is 16.5. The third-order valence-electron chi connectivity index (χ3n) is 6.49. The van der Waals surface area contributed by atoms with E-state index in [9.17, 15) is 0 Å². The van der Waals surface area contributed by atoms with Crippen LogP contribution in [0.1, 0.15) is 35.1 Å². The minimum Gasteiger partial charge on any atom is -0.383 e. The van der Waals surface area contributed by atoms with Crippen molar-refractivity contribution in [2.24, 2.45) is 0 Å². The van der Waals surface area contributed by atoms with Crippen molar-refractivity contribution in [3.63, 3.8) is 0 Å². The number of hydrogen-bond acceptors (Lipinski definition) is 5. The lowest BCUT2D eigenvalue weighted by molar-refractivity contribution is 0.102. The van der Waals surface area contributed by atoms with Gasteiger partial charge in [-0.3, -0.25) is 9.80 Å². The van der Waals surface area contributed by atoms with Crippen molar-refractivity contribution in [1.82, 2.24) is 24.3 Å². The zero-order chi connectivity index (χ0) is 23.2. The molecule has 0 amide bonds. The summed E-state index contributed by atoms with van der Waals surface area (Å²) in [4.78, 5) is 14.7. The van der Waals surface area contributed by atoms with E-state index in [0.717, 1.165) is 81.5 Å². The Kier molecular flexibility index (Phi) is 7.91. The summed E-state index contributed by atoms with van der Waals surface area (Å²) in [6.45, 7) is 14.5. The Hall–Kier alpha value is -2.54. The van der Waals surface area contributed by atoms with Gasteiger partial charge >= 0.3 is 0 Å². The first kappa shape index (κ1) is 23.6. The van der Waals surface area contributed by atoms with Gasteiger partial charge in [0.1, 0.15) is 11.3 Å². The topological polar surface area (TPSA) is 46.4 Å². The van der Waals surface area contributed by atoms with Crippen LogP contribution in [0.15, 0.2) is 36.4 Å². The van der Waals surface area contributed by atoms with Gasteiger partial charge in [-0.2, -0.15) is 0 Å². The van der Waals surface area contributed by atoms with Crippen molar-refractivity contribution in [2.45, 2.75) is 33.7 Å². The van der Waals surface area contributed by atoms with Gasteiger partial charge in [-0.1, -0.05) is 43.3 Å². The summed E-state index contributed by atoms with van der Waals surface area (Å²) in [7, 11) is 1.77. The van der Waals surface area contributed by atoms with Crippen LogP contribution in [0.25, 0.3) is 17.2 Å². The third-order valence-corrected chi connectivity index (χ3v) is 6.49. The van der Waals surface area contributed by atoms with E-state index in [-0.39, 0.29) is 0 Å². The minimum absolute atomic E-state index is 0.799. The molecule has 1 saturated heterocycles. The molecular weight excluding hydrogens is 410 g/mol. The number of piperazine rings is 1. The Morgan fingerprint density at radius 2 is 1.73 bits per heavy atom. The lowest BCUT2D eigenvalue weighted by Gasteiger charge is -2.33. The highest BCUT2D eigenvalue weighted by Crippen LogP contribution is 2.21. The maximum absolute atomic E-state index is 5.19. The number of methoxy groups -OCH3 is 1. The zero-order valence-corrected chi connectivity index (χ0v) is 20.5. The summed E-state index contributed by atoms with van der Waals surface area (Å²) in [5.41, 5.74) is 6.78. The molecule has 0 spiro atoms. The maximum atomic E-state index is 5.19. The Morgan fingerprint density at radius 3 is 2.42 bits per heavy atom. The second-order valence-electron chi connectivity index (χ2n) is 9.00. The molecule has 0 aliphatic carbocycles. The molecule has 0 atom stereocenters. The normalized spacial score (nSPS) is 15.8. The van der Waals surface area contributed by atoms with E-state index >= 15 is 0 Å². The molecule has 0 N–H and O–H groups in total. The molecule has 0 radical (unpaired) electrons. The Labute approximate surface area is 197 Å². The number of fused-ring (bicyclic) bond motifs is 1. The molecular formula is C27H37N5O. The van der Waals surface area contributed by atoms with E-state index in [1.54, 1.807) is 7.11 Å². The fourth-order valence-electron chi connectivity index (χ4n) is 4.55. The molecule has 0 saturated carbocycles. The number of benzene rings is 1. The fraction of sp³-hybridized carbons (Fsp3) is 0.481. The molecule has 1 aliphatic rings. The molecule has 176 valence electrons. The van der Waals surface area contributed by atoms with Crippen molar-refractivity contribution in [3.8, 4) is 0 Å². The molecule has 1 aromatic carbocycles. The first-order valence-electron chi connectivity index (χ1n) is 12.1. The monoisotopic (exact) mass is 447 g/mol. The predicted octanol–water partition coefficient (Wildman–Crippen LogP) is 3.94. The highest BCUT2D eigenvalue weighted by Gasteiger charge is 2.15. The molecule has 3 heterocycles. The molecule has 1 fully saturated rings. The number of aryl methyl sites for hydroxylation is 3.